The smallest absolute Gasteiger partial charge is 0.163 e. The lowest BCUT2D eigenvalue weighted by Crippen LogP contribution is -2.21. The van der Waals surface area contributed by atoms with Crippen LogP contribution in [0.15, 0.2) is 42.5 Å². The number of Topliss-reactive ketones (excluding diaryl/α,β-unsaturated/α-hetero) is 1. The van der Waals surface area contributed by atoms with Crippen LogP contribution in [0.4, 0.5) is 0 Å². The Kier molecular flexibility index (Phi) is 5.94. The van der Waals surface area contributed by atoms with Crippen molar-refractivity contribution in [3.63, 3.8) is 0 Å². The molecule has 0 aliphatic rings. The van der Waals surface area contributed by atoms with E-state index in [0.29, 0.717) is 5.56 Å². The predicted molar refractivity (Wildman–Crippen MR) is 113 cm³/mol. The summed E-state index contributed by atoms with van der Waals surface area (Å²) in [5, 5.41) is 21.7. The largest absolute Gasteiger partial charge is 0.396 e. The number of aliphatic hydroxyl groups is 1. The van der Waals surface area contributed by atoms with Gasteiger partial charge >= 0.3 is 0 Å². The van der Waals surface area contributed by atoms with Gasteiger partial charge in [-0.25, -0.2) is 0 Å². The fraction of sp³-hybridized carbons (Fsp3) is 0.391. The van der Waals surface area contributed by atoms with Crippen LogP contribution in [0.25, 0.3) is 16.8 Å². The number of hydrogen-bond donors (Lipinski definition) is 1. The van der Waals surface area contributed by atoms with E-state index < -0.39 is 5.41 Å². The lowest BCUT2D eigenvalue weighted by atomic mass is 9.86. The number of aliphatic hydroxyl groups excluding tert-OH is 1. The molecule has 0 atom stereocenters. The molecule has 0 spiro atoms. The van der Waals surface area contributed by atoms with E-state index in [1.54, 1.807) is 4.68 Å². The molecule has 1 aromatic heterocycles. The molecule has 1 N–H and O–H groups in total. The molecule has 2 aromatic carbocycles. The molecule has 0 fully saturated rings. The van der Waals surface area contributed by atoms with Crippen molar-refractivity contribution in [3.05, 3.63) is 59.4 Å². The molecule has 29 heavy (non-hydrogen) atoms. The fourth-order valence-electron chi connectivity index (χ4n) is 3.14. The van der Waals surface area contributed by atoms with Crippen molar-refractivity contribution >= 4 is 5.78 Å². The molecular weight excluding hydrogens is 364 g/mol. The number of nitrogens with zero attached hydrogens (tertiary/aromatic N) is 4. The van der Waals surface area contributed by atoms with Crippen molar-refractivity contribution in [1.82, 2.24) is 20.2 Å². The van der Waals surface area contributed by atoms with Crippen molar-refractivity contribution in [3.8, 4) is 16.8 Å². The summed E-state index contributed by atoms with van der Waals surface area (Å²) in [6.07, 6.45) is 0.257. The van der Waals surface area contributed by atoms with Crippen LogP contribution in [0.3, 0.4) is 0 Å². The maximum Gasteiger partial charge on any atom is 0.163 e. The summed E-state index contributed by atoms with van der Waals surface area (Å²) in [5.74, 6) is 0.860. The molecule has 0 saturated carbocycles. The Hall–Kier alpha value is -2.86. The van der Waals surface area contributed by atoms with Crippen molar-refractivity contribution in [1.29, 1.82) is 0 Å². The van der Waals surface area contributed by atoms with Crippen LogP contribution in [-0.4, -0.2) is 37.7 Å². The van der Waals surface area contributed by atoms with Crippen molar-refractivity contribution < 1.29 is 9.90 Å². The predicted octanol–water partition coefficient (Wildman–Crippen LogP) is 4.35. The van der Waals surface area contributed by atoms with E-state index in [1.807, 2.05) is 65.0 Å². The second-order valence-corrected chi connectivity index (χ2v) is 8.66. The second-order valence-electron chi connectivity index (χ2n) is 8.66. The van der Waals surface area contributed by atoms with Crippen LogP contribution in [0, 0.1) is 12.3 Å². The van der Waals surface area contributed by atoms with Crippen LogP contribution >= 0.6 is 0 Å². The Morgan fingerprint density at radius 2 is 1.79 bits per heavy atom. The number of aryl methyl sites for hydroxylation is 1. The minimum absolute atomic E-state index is 0.0153. The molecule has 1 heterocycles. The van der Waals surface area contributed by atoms with Crippen LogP contribution in [0.2, 0.25) is 0 Å². The summed E-state index contributed by atoms with van der Waals surface area (Å²) in [4.78, 5) is 13.0. The zero-order chi connectivity index (χ0) is 21.2. The van der Waals surface area contributed by atoms with Gasteiger partial charge in [-0.3, -0.25) is 4.79 Å². The van der Waals surface area contributed by atoms with Gasteiger partial charge in [0.15, 0.2) is 11.6 Å². The molecular formula is C23H28N4O2. The molecule has 0 bridgehead atoms. The van der Waals surface area contributed by atoms with Gasteiger partial charge in [-0.1, -0.05) is 57.5 Å². The standard InChI is InChI=1S/C23H28N4O2/c1-15(2)22-24-25-26-27(22)20-11-18(17-8-6-16(3)7-9-17)10-19(12-20)21(29)13-23(4,5)14-28/h6-12,15,28H,13-14H2,1-5H3. The van der Waals surface area contributed by atoms with Gasteiger partial charge in [-0.05, 0) is 52.1 Å². The number of carbonyl (C=O) groups is 1. The van der Waals surface area contributed by atoms with E-state index in [0.717, 1.165) is 22.6 Å². The average Bonchev–Trinajstić information content (AvgIpc) is 3.18. The van der Waals surface area contributed by atoms with Crippen LogP contribution in [-0.2, 0) is 0 Å². The highest BCUT2D eigenvalue weighted by molar-refractivity contribution is 5.98. The summed E-state index contributed by atoms with van der Waals surface area (Å²) < 4.78 is 1.69. The van der Waals surface area contributed by atoms with Gasteiger partial charge in [-0.2, -0.15) is 4.68 Å². The number of carbonyl (C=O) groups excluding carboxylic acids is 1. The summed E-state index contributed by atoms with van der Waals surface area (Å²) >= 11 is 0. The number of tetrazole rings is 1. The first-order valence-electron chi connectivity index (χ1n) is 9.85. The number of ketones is 1. The number of aromatic nitrogens is 4. The molecule has 0 aliphatic carbocycles. The quantitative estimate of drug-likeness (QED) is 0.605. The first-order chi connectivity index (χ1) is 13.7. The zero-order valence-electron chi connectivity index (χ0n) is 17.7. The van der Waals surface area contributed by atoms with Gasteiger partial charge in [0.05, 0.1) is 5.69 Å². The minimum Gasteiger partial charge on any atom is -0.396 e. The molecule has 0 amide bonds. The SMILES string of the molecule is Cc1ccc(-c2cc(C(=O)CC(C)(C)CO)cc(-n3nnnc3C(C)C)c2)cc1. The van der Waals surface area contributed by atoms with Crippen molar-refractivity contribution in [2.24, 2.45) is 5.41 Å². The molecule has 3 rings (SSSR count). The van der Waals surface area contributed by atoms with Gasteiger partial charge in [0.25, 0.3) is 0 Å². The van der Waals surface area contributed by atoms with Gasteiger partial charge in [0.2, 0.25) is 0 Å². The molecule has 152 valence electrons. The molecule has 6 nitrogen and oxygen atoms in total. The maximum atomic E-state index is 13.0. The van der Waals surface area contributed by atoms with E-state index in [4.69, 9.17) is 0 Å². The summed E-state index contributed by atoms with van der Waals surface area (Å²) in [6.45, 7) is 9.82. The van der Waals surface area contributed by atoms with Crippen LogP contribution < -0.4 is 0 Å². The lowest BCUT2D eigenvalue weighted by molar-refractivity contribution is 0.0858. The summed E-state index contributed by atoms with van der Waals surface area (Å²) in [5.41, 5.74) is 3.99. The second kappa shape index (κ2) is 8.25. The molecule has 0 aliphatic heterocycles. The zero-order valence-corrected chi connectivity index (χ0v) is 17.7. The maximum absolute atomic E-state index is 13.0. The van der Waals surface area contributed by atoms with Gasteiger partial charge in [0.1, 0.15) is 0 Å². The third-order valence-electron chi connectivity index (χ3n) is 4.95. The van der Waals surface area contributed by atoms with Gasteiger partial charge in [-0.15, -0.1) is 5.10 Å². The number of benzene rings is 2. The Bertz CT molecular complexity index is 1000. The van der Waals surface area contributed by atoms with E-state index in [9.17, 15) is 9.90 Å². The molecule has 3 aromatic rings. The van der Waals surface area contributed by atoms with Crippen molar-refractivity contribution in [2.45, 2.75) is 47.0 Å². The van der Waals surface area contributed by atoms with E-state index in [1.165, 1.54) is 5.56 Å². The third kappa shape index (κ3) is 4.77. The summed E-state index contributed by atoms with van der Waals surface area (Å²) in [7, 11) is 0. The first kappa shape index (κ1) is 20.9. The monoisotopic (exact) mass is 392 g/mol. The van der Waals surface area contributed by atoms with Crippen molar-refractivity contribution in [2.75, 3.05) is 6.61 Å². The molecule has 6 heteroatoms. The number of rotatable bonds is 7. The summed E-state index contributed by atoms with van der Waals surface area (Å²) in [6, 6.07) is 13.9. The lowest BCUT2D eigenvalue weighted by Gasteiger charge is -2.21. The Labute approximate surface area is 171 Å². The minimum atomic E-state index is -0.477. The highest BCUT2D eigenvalue weighted by Gasteiger charge is 2.23. The van der Waals surface area contributed by atoms with Crippen LogP contribution in [0.1, 0.15) is 61.8 Å². The molecule has 0 unspecified atom stereocenters. The van der Waals surface area contributed by atoms with E-state index >= 15 is 0 Å². The molecule has 0 radical (unpaired) electrons. The van der Waals surface area contributed by atoms with Gasteiger partial charge in [0, 0.05) is 24.5 Å². The molecule has 0 saturated heterocycles. The first-order valence-corrected chi connectivity index (χ1v) is 9.85. The van der Waals surface area contributed by atoms with Crippen LogP contribution in [0.5, 0.6) is 0 Å². The highest BCUT2D eigenvalue weighted by atomic mass is 16.3. The van der Waals surface area contributed by atoms with E-state index in [-0.39, 0.29) is 24.7 Å². The Morgan fingerprint density at radius 3 is 2.41 bits per heavy atom. The fourth-order valence-corrected chi connectivity index (χ4v) is 3.14. The van der Waals surface area contributed by atoms with E-state index in [2.05, 4.69) is 27.7 Å². The average molecular weight is 393 g/mol. The normalized spacial score (nSPS) is 11.8. The Morgan fingerprint density at radius 1 is 1.10 bits per heavy atom. The van der Waals surface area contributed by atoms with Gasteiger partial charge < -0.3 is 5.11 Å². The number of hydrogen-bond acceptors (Lipinski definition) is 5. The highest BCUT2D eigenvalue weighted by Crippen LogP contribution is 2.29. The topological polar surface area (TPSA) is 80.9 Å². The third-order valence-corrected chi connectivity index (χ3v) is 4.95. The Balaban J connectivity index is 2.13.